The maximum atomic E-state index is 12.7. The van der Waals surface area contributed by atoms with Crippen molar-refractivity contribution >= 4 is 0 Å². The predicted molar refractivity (Wildman–Crippen MR) is 61.2 cm³/mol. The number of rotatable bonds is 7. The minimum atomic E-state index is -0.262. The molecule has 0 saturated carbocycles. The zero-order valence-electron chi connectivity index (χ0n) is 9.70. The van der Waals surface area contributed by atoms with E-state index in [0.29, 0.717) is 18.9 Å². The number of ether oxygens (including phenoxy) is 2. The van der Waals surface area contributed by atoms with Crippen LogP contribution in [0, 0.1) is 5.82 Å². The van der Waals surface area contributed by atoms with Gasteiger partial charge in [0, 0.05) is 13.7 Å². The zero-order chi connectivity index (χ0) is 11.8. The second kappa shape index (κ2) is 7.19. The van der Waals surface area contributed by atoms with Crippen LogP contribution in [0.15, 0.2) is 24.3 Å². The van der Waals surface area contributed by atoms with Crippen LogP contribution in [-0.2, 0) is 4.74 Å². The van der Waals surface area contributed by atoms with Gasteiger partial charge in [-0.3, -0.25) is 0 Å². The van der Waals surface area contributed by atoms with Crippen LogP contribution in [0.3, 0.4) is 0 Å². The summed E-state index contributed by atoms with van der Waals surface area (Å²) in [4.78, 5) is 0. The summed E-state index contributed by atoms with van der Waals surface area (Å²) < 4.78 is 23.4. The highest BCUT2D eigenvalue weighted by Gasteiger charge is 2.09. The first kappa shape index (κ1) is 12.9. The van der Waals surface area contributed by atoms with Gasteiger partial charge >= 0.3 is 0 Å². The third-order valence-corrected chi connectivity index (χ3v) is 2.09. The molecule has 90 valence electrons. The van der Waals surface area contributed by atoms with Crippen LogP contribution in [0.5, 0.6) is 5.75 Å². The SMILES string of the molecule is CCNCC(COC)Oc1ccc(F)cc1. The standard InChI is InChI=1S/C12H18FNO2/c1-3-14-8-12(9-15-2)16-11-6-4-10(13)5-7-11/h4-7,12,14H,3,8-9H2,1-2H3. The third-order valence-electron chi connectivity index (χ3n) is 2.09. The minimum absolute atomic E-state index is 0.0598. The third kappa shape index (κ3) is 4.59. The Labute approximate surface area is 95.6 Å². The predicted octanol–water partition coefficient (Wildman–Crippen LogP) is 1.83. The molecular formula is C12H18FNO2. The van der Waals surface area contributed by atoms with Gasteiger partial charge < -0.3 is 14.8 Å². The molecule has 1 aromatic rings. The molecule has 0 fully saturated rings. The van der Waals surface area contributed by atoms with E-state index in [0.717, 1.165) is 6.54 Å². The minimum Gasteiger partial charge on any atom is -0.487 e. The molecule has 16 heavy (non-hydrogen) atoms. The number of hydrogen-bond donors (Lipinski definition) is 1. The largest absolute Gasteiger partial charge is 0.487 e. The van der Waals surface area contributed by atoms with Crippen LogP contribution in [0.2, 0.25) is 0 Å². The number of likely N-dealkylation sites (N-methyl/N-ethyl adjacent to an activating group) is 1. The highest BCUT2D eigenvalue weighted by atomic mass is 19.1. The first-order valence-corrected chi connectivity index (χ1v) is 5.38. The first-order valence-electron chi connectivity index (χ1n) is 5.38. The van der Waals surface area contributed by atoms with E-state index in [1.807, 2.05) is 6.92 Å². The molecule has 1 N–H and O–H groups in total. The van der Waals surface area contributed by atoms with E-state index in [2.05, 4.69) is 5.32 Å². The average molecular weight is 227 g/mol. The lowest BCUT2D eigenvalue weighted by atomic mass is 10.3. The lowest BCUT2D eigenvalue weighted by Gasteiger charge is -2.18. The van der Waals surface area contributed by atoms with E-state index in [9.17, 15) is 4.39 Å². The van der Waals surface area contributed by atoms with Crippen LogP contribution in [0.1, 0.15) is 6.92 Å². The lowest BCUT2D eigenvalue weighted by Crippen LogP contribution is -2.34. The van der Waals surface area contributed by atoms with Gasteiger partial charge in [0.2, 0.25) is 0 Å². The van der Waals surface area contributed by atoms with Crippen LogP contribution in [0.25, 0.3) is 0 Å². The van der Waals surface area contributed by atoms with Crippen molar-refractivity contribution in [3.8, 4) is 5.75 Å². The van der Waals surface area contributed by atoms with E-state index in [4.69, 9.17) is 9.47 Å². The molecule has 1 unspecified atom stereocenters. The Morgan fingerprint density at radius 3 is 2.56 bits per heavy atom. The fraction of sp³-hybridized carbons (Fsp3) is 0.500. The molecule has 3 nitrogen and oxygen atoms in total. The van der Waals surface area contributed by atoms with Crippen LogP contribution < -0.4 is 10.1 Å². The maximum Gasteiger partial charge on any atom is 0.134 e. The molecule has 0 spiro atoms. The van der Waals surface area contributed by atoms with E-state index < -0.39 is 0 Å². The Hall–Kier alpha value is -1.13. The number of nitrogens with one attached hydrogen (secondary N) is 1. The second-order valence-corrected chi connectivity index (χ2v) is 3.46. The maximum absolute atomic E-state index is 12.7. The Morgan fingerprint density at radius 2 is 2.00 bits per heavy atom. The molecule has 0 aliphatic rings. The molecule has 1 atom stereocenters. The molecule has 1 rings (SSSR count). The van der Waals surface area contributed by atoms with Crippen molar-refractivity contribution in [1.29, 1.82) is 0 Å². The molecule has 0 saturated heterocycles. The average Bonchev–Trinajstić information content (AvgIpc) is 2.29. The first-order chi connectivity index (χ1) is 7.76. The van der Waals surface area contributed by atoms with Gasteiger partial charge in [0.1, 0.15) is 17.7 Å². The van der Waals surface area contributed by atoms with Crippen molar-refractivity contribution in [2.75, 3.05) is 26.8 Å². The number of halogens is 1. The number of hydrogen-bond acceptors (Lipinski definition) is 3. The van der Waals surface area contributed by atoms with Gasteiger partial charge in [0.05, 0.1) is 6.61 Å². The quantitative estimate of drug-likeness (QED) is 0.771. The Bertz CT molecular complexity index is 290. The summed E-state index contributed by atoms with van der Waals surface area (Å²) in [6.45, 7) is 4.13. The molecule has 1 aromatic carbocycles. The van der Waals surface area contributed by atoms with E-state index in [-0.39, 0.29) is 11.9 Å². The summed E-state index contributed by atoms with van der Waals surface area (Å²) >= 11 is 0. The molecule has 0 aliphatic carbocycles. The van der Waals surface area contributed by atoms with Gasteiger partial charge in [-0.2, -0.15) is 0 Å². The molecule has 0 radical (unpaired) electrons. The highest BCUT2D eigenvalue weighted by molar-refractivity contribution is 5.22. The molecular weight excluding hydrogens is 209 g/mol. The summed E-state index contributed by atoms with van der Waals surface area (Å²) in [6.07, 6.45) is -0.0598. The summed E-state index contributed by atoms with van der Waals surface area (Å²) in [5.41, 5.74) is 0. The smallest absolute Gasteiger partial charge is 0.134 e. The zero-order valence-corrected chi connectivity index (χ0v) is 9.70. The molecule has 4 heteroatoms. The fourth-order valence-electron chi connectivity index (χ4n) is 1.33. The van der Waals surface area contributed by atoms with E-state index >= 15 is 0 Å². The van der Waals surface area contributed by atoms with Crippen molar-refractivity contribution < 1.29 is 13.9 Å². The van der Waals surface area contributed by atoms with Crippen LogP contribution >= 0.6 is 0 Å². The molecule has 0 amide bonds. The normalized spacial score (nSPS) is 12.4. The van der Waals surface area contributed by atoms with Gasteiger partial charge in [-0.25, -0.2) is 4.39 Å². The summed E-state index contributed by atoms with van der Waals surface area (Å²) in [5.74, 6) is 0.392. The van der Waals surface area contributed by atoms with Crippen LogP contribution in [0.4, 0.5) is 4.39 Å². The van der Waals surface area contributed by atoms with Gasteiger partial charge in [0.25, 0.3) is 0 Å². The molecule has 0 aliphatic heterocycles. The van der Waals surface area contributed by atoms with Gasteiger partial charge in [-0.05, 0) is 30.8 Å². The van der Waals surface area contributed by atoms with Crippen molar-refractivity contribution in [2.45, 2.75) is 13.0 Å². The number of methoxy groups -OCH3 is 1. The topological polar surface area (TPSA) is 30.5 Å². The van der Waals surface area contributed by atoms with Crippen molar-refractivity contribution in [3.05, 3.63) is 30.1 Å². The van der Waals surface area contributed by atoms with Gasteiger partial charge in [-0.15, -0.1) is 0 Å². The molecule has 0 heterocycles. The van der Waals surface area contributed by atoms with Crippen molar-refractivity contribution in [1.82, 2.24) is 5.32 Å². The van der Waals surface area contributed by atoms with E-state index in [1.165, 1.54) is 12.1 Å². The summed E-state index contributed by atoms with van der Waals surface area (Å²) in [5, 5.41) is 3.19. The highest BCUT2D eigenvalue weighted by Crippen LogP contribution is 2.12. The van der Waals surface area contributed by atoms with Gasteiger partial charge in [-0.1, -0.05) is 6.92 Å². The van der Waals surface area contributed by atoms with Crippen molar-refractivity contribution in [2.24, 2.45) is 0 Å². The van der Waals surface area contributed by atoms with E-state index in [1.54, 1.807) is 19.2 Å². The monoisotopic (exact) mass is 227 g/mol. The summed E-state index contributed by atoms with van der Waals surface area (Å²) in [6, 6.07) is 5.99. The Morgan fingerprint density at radius 1 is 1.31 bits per heavy atom. The second-order valence-electron chi connectivity index (χ2n) is 3.46. The lowest BCUT2D eigenvalue weighted by molar-refractivity contribution is 0.0809. The number of benzene rings is 1. The fourth-order valence-corrected chi connectivity index (χ4v) is 1.33. The summed E-state index contributed by atoms with van der Waals surface area (Å²) in [7, 11) is 1.63. The molecule has 0 bridgehead atoms. The molecule has 0 aromatic heterocycles. The Kier molecular flexibility index (Phi) is 5.82. The van der Waals surface area contributed by atoms with Crippen LogP contribution in [-0.4, -0.2) is 32.9 Å². The Balaban J connectivity index is 2.49. The van der Waals surface area contributed by atoms with Crippen molar-refractivity contribution in [3.63, 3.8) is 0 Å². The van der Waals surface area contributed by atoms with Gasteiger partial charge in [0.15, 0.2) is 0 Å².